The molecule has 1 aliphatic rings. The summed E-state index contributed by atoms with van der Waals surface area (Å²) in [6.07, 6.45) is 4.24. The summed E-state index contributed by atoms with van der Waals surface area (Å²) < 4.78 is 0. The van der Waals surface area contributed by atoms with E-state index in [0.717, 1.165) is 24.3 Å². The van der Waals surface area contributed by atoms with E-state index in [9.17, 15) is 0 Å². The number of rotatable bonds is 2. The van der Waals surface area contributed by atoms with Gasteiger partial charge in [0.2, 0.25) is 0 Å². The van der Waals surface area contributed by atoms with Crippen LogP contribution in [0.1, 0.15) is 24.0 Å². The molecule has 76 valence electrons. The standard InChI is InChI=1S/C12H15ClO/c13-12-3-1-2-10-5-4-9(6-7-14)8-11(10)12/h1-3,9,14H,4-8H2. The summed E-state index contributed by atoms with van der Waals surface area (Å²) in [6.45, 7) is 0.296. The SMILES string of the molecule is OCCC1CCc2cccc(Cl)c2C1. The lowest BCUT2D eigenvalue weighted by Crippen LogP contribution is -2.15. The predicted molar refractivity (Wildman–Crippen MR) is 58.7 cm³/mol. The minimum atomic E-state index is 0.296. The number of aryl methyl sites for hydroxylation is 1. The van der Waals surface area contributed by atoms with Crippen LogP contribution < -0.4 is 0 Å². The third-order valence-corrected chi connectivity index (χ3v) is 3.42. The highest BCUT2D eigenvalue weighted by Crippen LogP contribution is 2.31. The molecule has 0 spiro atoms. The molecule has 2 rings (SSSR count). The van der Waals surface area contributed by atoms with Crippen LogP contribution in [0.2, 0.25) is 5.02 Å². The second kappa shape index (κ2) is 4.33. The number of hydrogen-bond donors (Lipinski definition) is 1. The number of hydrogen-bond acceptors (Lipinski definition) is 1. The zero-order chi connectivity index (χ0) is 9.97. The molecule has 0 amide bonds. The lowest BCUT2D eigenvalue weighted by atomic mass is 9.82. The first-order valence-corrected chi connectivity index (χ1v) is 5.56. The van der Waals surface area contributed by atoms with Gasteiger partial charge in [-0.3, -0.25) is 0 Å². The van der Waals surface area contributed by atoms with Gasteiger partial charge in [-0.05, 0) is 48.8 Å². The van der Waals surface area contributed by atoms with E-state index in [1.54, 1.807) is 0 Å². The first-order valence-electron chi connectivity index (χ1n) is 5.18. The Balaban J connectivity index is 2.20. The quantitative estimate of drug-likeness (QED) is 0.796. The fourth-order valence-corrected chi connectivity index (χ4v) is 2.52. The second-order valence-corrected chi connectivity index (χ2v) is 4.41. The van der Waals surface area contributed by atoms with Crippen molar-refractivity contribution in [2.24, 2.45) is 5.92 Å². The van der Waals surface area contributed by atoms with E-state index in [-0.39, 0.29) is 0 Å². The molecule has 0 bridgehead atoms. The van der Waals surface area contributed by atoms with E-state index in [1.165, 1.54) is 17.5 Å². The Bertz CT molecular complexity index is 322. The summed E-state index contributed by atoms with van der Waals surface area (Å²) >= 11 is 6.15. The number of aliphatic hydroxyl groups excluding tert-OH is 1. The van der Waals surface area contributed by atoms with Gasteiger partial charge in [-0.15, -0.1) is 0 Å². The molecule has 0 aliphatic heterocycles. The lowest BCUT2D eigenvalue weighted by molar-refractivity contribution is 0.248. The molecule has 0 saturated heterocycles. The van der Waals surface area contributed by atoms with Crippen LogP contribution in [0.5, 0.6) is 0 Å². The van der Waals surface area contributed by atoms with Crippen LogP contribution in [0.4, 0.5) is 0 Å². The molecular formula is C12H15ClO. The number of benzene rings is 1. The molecular weight excluding hydrogens is 196 g/mol. The Morgan fingerprint density at radius 2 is 2.29 bits per heavy atom. The van der Waals surface area contributed by atoms with Crippen molar-refractivity contribution in [3.05, 3.63) is 34.3 Å². The first kappa shape index (κ1) is 10.0. The van der Waals surface area contributed by atoms with Gasteiger partial charge in [0, 0.05) is 11.6 Å². The fourth-order valence-electron chi connectivity index (χ4n) is 2.25. The van der Waals surface area contributed by atoms with Crippen LogP contribution in [0, 0.1) is 5.92 Å². The predicted octanol–water partition coefficient (Wildman–Crippen LogP) is 2.83. The van der Waals surface area contributed by atoms with Crippen LogP contribution in [-0.4, -0.2) is 11.7 Å². The maximum absolute atomic E-state index is 8.90. The van der Waals surface area contributed by atoms with Crippen LogP contribution in [0.15, 0.2) is 18.2 Å². The van der Waals surface area contributed by atoms with Crippen molar-refractivity contribution in [2.75, 3.05) is 6.61 Å². The van der Waals surface area contributed by atoms with E-state index in [1.807, 2.05) is 12.1 Å². The Hall–Kier alpha value is -0.530. The van der Waals surface area contributed by atoms with Crippen LogP contribution in [0.3, 0.4) is 0 Å². The topological polar surface area (TPSA) is 20.2 Å². The summed E-state index contributed by atoms with van der Waals surface area (Å²) in [5.74, 6) is 0.618. The molecule has 2 heteroatoms. The van der Waals surface area contributed by atoms with E-state index >= 15 is 0 Å². The summed E-state index contributed by atoms with van der Waals surface area (Å²) in [7, 11) is 0. The van der Waals surface area contributed by atoms with Gasteiger partial charge in [-0.2, -0.15) is 0 Å². The molecule has 1 unspecified atom stereocenters. The van der Waals surface area contributed by atoms with Gasteiger partial charge in [0.25, 0.3) is 0 Å². The smallest absolute Gasteiger partial charge is 0.0440 e. The first-order chi connectivity index (χ1) is 6.81. The van der Waals surface area contributed by atoms with Gasteiger partial charge < -0.3 is 5.11 Å². The minimum absolute atomic E-state index is 0.296. The van der Waals surface area contributed by atoms with Crippen molar-refractivity contribution >= 4 is 11.6 Å². The molecule has 14 heavy (non-hydrogen) atoms. The molecule has 1 nitrogen and oxygen atoms in total. The van der Waals surface area contributed by atoms with Crippen LogP contribution in [0.25, 0.3) is 0 Å². The fraction of sp³-hybridized carbons (Fsp3) is 0.500. The highest BCUT2D eigenvalue weighted by atomic mass is 35.5. The zero-order valence-corrected chi connectivity index (χ0v) is 8.93. The van der Waals surface area contributed by atoms with Crippen molar-refractivity contribution in [2.45, 2.75) is 25.7 Å². The average molecular weight is 211 g/mol. The van der Waals surface area contributed by atoms with Gasteiger partial charge in [0.05, 0.1) is 0 Å². The Morgan fingerprint density at radius 3 is 3.07 bits per heavy atom. The molecule has 1 aromatic rings. The van der Waals surface area contributed by atoms with Crippen molar-refractivity contribution in [3.8, 4) is 0 Å². The van der Waals surface area contributed by atoms with Crippen molar-refractivity contribution < 1.29 is 5.11 Å². The van der Waals surface area contributed by atoms with Crippen molar-refractivity contribution in [1.82, 2.24) is 0 Å². The van der Waals surface area contributed by atoms with E-state index in [4.69, 9.17) is 16.7 Å². The summed E-state index contributed by atoms with van der Waals surface area (Å²) in [6, 6.07) is 6.14. The van der Waals surface area contributed by atoms with E-state index in [0.29, 0.717) is 12.5 Å². The maximum Gasteiger partial charge on any atom is 0.0440 e. The molecule has 0 radical (unpaired) electrons. The Morgan fingerprint density at radius 1 is 1.43 bits per heavy atom. The highest BCUT2D eigenvalue weighted by molar-refractivity contribution is 6.31. The molecule has 1 N–H and O–H groups in total. The number of fused-ring (bicyclic) bond motifs is 1. The summed E-state index contributed by atoms with van der Waals surface area (Å²) in [4.78, 5) is 0. The Labute approximate surface area is 89.7 Å². The van der Waals surface area contributed by atoms with Gasteiger partial charge in [-0.25, -0.2) is 0 Å². The number of aliphatic hydroxyl groups is 1. The highest BCUT2D eigenvalue weighted by Gasteiger charge is 2.19. The lowest BCUT2D eigenvalue weighted by Gasteiger charge is -2.24. The number of halogens is 1. The molecule has 1 atom stereocenters. The third-order valence-electron chi connectivity index (χ3n) is 3.07. The molecule has 1 aromatic carbocycles. The monoisotopic (exact) mass is 210 g/mol. The van der Waals surface area contributed by atoms with E-state index < -0.39 is 0 Å². The molecule has 1 aliphatic carbocycles. The maximum atomic E-state index is 8.90. The third kappa shape index (κ3) is 1.94. The zero-order valence-electron chi connectivity index (χ0n) is 8.17. The van der Waals surface area contributed by atoms with Gasteiger partial charge in [-0.1, -0.05) is 23.7 Å². The van der Waals surface area contributed by atoms with E-state index in [2.05, 4.69) is 6.07 Å². The molecule has 0 saturated carbocycles. The Kier molecular flexibility index (Phi) is 3.09. The largest absolute Gasteiger partial charge is 0.396 e. The summed E-state index contributed by atoms with van der Waals surface area (Å²) in [5, 5.41) is 9.80. The normalized spacial score (nSPS) is 20.6. The molecule has 0 aromatic heterocycles. The average Bonchev–Trinajstić information content (AvgIpc) is 2.20. The molecule has 0 heterocycles. The van der Waals surface area contributed by atoms with Gasteiger partial charge in [0.1, 0.15) is 0 Å². The van der Waals surface area contributed by atoms with Crippen molar-refractivity contribution in [3.63, 3.8) is 0 Å². The minimum Gasteiger partial charge on any atom is -0.396 e. The van der Waals surface area contributed by atoms with Crippen molar-refractivity contribution in [1.29, 1.82) is 0 Å². The van der Waals surface area contributed by atoms with Gasteiger partial charge in [0.15, 0.2) is 0 Å². The molecule has 0 fully saturated rings. The summed E-state index contributed by atoms with van der Waals surface area (Å²) in [5.41, 5.74) is 2.70. The van der Waals surface area contributed by atoms with Crippen LogP contribution in [-0.2, 0) is 12.8 Å². The van der Waals surface area contributed by atoms with Gasteiger partial charge >= 0.3 is 0 Å². The van der Waals surface area contributed by atoms with Crippen LogP contribution >= 0.6 is 11.6 Å². The second-order valence-electron chi connectivity index (χ2n) is 4.00.